The van der Waals surface area contributed by atoms with E-state index in [2.05, 4.69) is 46.1 Å². The SMILES string of the molecule is COCCCN(C)c1ccc(CC(C)N)cc1Br. The number of hydrogen-bond acceptors (Lipinski definition) is 3. The van der Waals surface area contributed by atoms with Gasteiger partial charge >= 0.3 is 0 Å². The van der Waals surface area contributed by atoms with Crippen LogP contribution in [0.25, 0.3) is 0 Å². The monoisotopic (exact) mass is 314 g/mol. The van der Waals surface area contributed by atoms with Gasteiger partial charge in [0.2, 0.25) is 0 Å². The smallest absolute Gasteiger partial charge is 0.0508 e. The van der Waals surface area contributed by atoms with E-state index in [0.717, 1.165) is 30.5 Å². The summed E-state index contributed by atoms with van der Waals surface area (Å²) < 4.78 is 6.19. The topological polar surface area (TPSA) is 38.5 Å². The van der Waals surface area contributed by atoms with E-state index in [0.29, 0.717) is 0 Å². The molecule has 0 saturated carbocycles. The molecule has 0 aliphatic heterocycles. The fourth-order valence-corrected chi connectivity index (χ4v) is 2.65. The van der Waals surface area contributed by atoms with Crippen molar-refractivity contribution in [2.24, 2.45) is 5.73 Å². The Balaban J connectivity index is 2.66. The lowest BCUT2D eigenvalue weighted by Crippen LogP contribution is -2.21. The van der Waals surface area contributed by atoms with Gasteiger partial charge in [-0.3, -0.25) is 0 Å². The highest BCUT2D eigenvalue weighted by Gasteiger charge is 2.07. The van der Waals surface area contributed by atoms with Crippen LogP contribution in [0.5, 0.6) is 0 Å². The average molecular weight is 315 g/mol. The van der Waals surface area contributed by atoms with Gasteiger partial charge in [0.05, 0.1) is 5.69 Å². The minimum Gasteiger partial charge on any atom is -0.385 e. The summed E-state index contributed by atoms with van der Waals surface area (Å²) in [6.45, 7) is 3.81. The molecule has 18 heavy (non-hydrogen) atoms. The molecule has 0 bridgehead atoms. The average Bonchev–Trinajstić information content (AvgIpc) is 2.28. The van der Waals surface area contributed by atoms with E-state index in [1.54, 1.807) is 7.11 Å². The van der Waals surface area contributed by atoms with Crippen molar-refractivity contribution in [3.63, 3.8) is 0 Å². The molecule has 0 amide bonds. The quantitative estimate of drug-likeness (QED) is 0.786. The van der Waals surface area contributed by atoms with Gasteiger partial charge in [0.15, 0.2) is 0 Å². The van der Waals surface area contributed by atoms with Crippen LogP contribution in [-0.4, -0.2) is 33.4 Å². The molecule has 102 valence electrons. The van der Waals surface area contributed by atoms with Crippen LogP contribution in [0.1, 0.15) is 18.9 Å². The molecular formula is C14H23BrN2O. The molecule has 0 saturated heterocycles. The summed E-state index contributed by atoms with van der Waals surface area (Å²) in [6, 6.07) is 6.65. The van der Waals surface area contributed by atoms with Gasteiger partial charge in [-0.2, -0.15) is 0 Å². The first-order chi connectivity index (χ1) is 8.54. The number of nitrogens with zero attached hydrogens (tertiary/aromatic N) is 1. The molecule has 1 atom stereocenters. The molecule has 1 aromatic rings. The third kappa shape index (κ3) is 4.96. The second kappa shape index (κ2) is 7.77. The Hall–Kier alpha value is -0.580. The third-order valence-electron chi connectivity index (χ3n) is 2.82. The lowest BCUT2D eigenvalue weighted by atomic mass is 10.1. The first-order valence-corrected chi connectivity index (χ1v) is 7.08. The maximum absolute atomic E-state index is 5.81. The van der Waals surface area contributed by atoms with Gasteiger partial charge in [0, 0.05) is 37.8 Å². The van der Waals surface area contributed by atoms with Gasteiger partial charge in [0.1, 0.15) is 0 Å². The first kappa shape index (κ1) is 15.5. The summed E-state index contributed by atoms with van der Waals surface area (Å²) in [5.74, 6) is 0. The minimum atomic E-state index is 0.196. The van der Waals surface area contributed by atoms with Crippen LogP contribution in [0, 0.1) is 0 Å². The fourth-order valence-electron chi connectivity index (χ4n) is 1.93. The van der Waals surface area contributed by atoms with Gasteiger partial charge < -0.3 is 15.4 Å². The van der Waals surface area contributed by atoms with Crippen molar-refractivity contribution in [1.29, 1.82) is 0 Å². The van der Waals surface area contributed by atoms with Crippen molar-refractivity contribution in [2.45, 2.75) is 25.8 Å². The van der Waals surface area contributed by atoms with E-state index < -0.39 is 0 Å². The van der Waals surface area contributed by atoms with E-state index in [4.69, 9.17) is 10.5 Å². The fraction of sp³-hybridized carbons (Fsp3) is 0.571. The van der Waals surface area contributed by atoms with Crippen LogP contribution in [0.3, 0.4) is 0 Å². The van der Waals surface area contributed by atoms with Gasteiger partial charge in [-0.05, 0) is 53.4 Å². The number of ether oxygens (including phenoxy) is 1. The predicted molar refractivity (Wildman–Crippen MR) is 81.3 cm³/mol. The van der Waals surface area contributed by atoms with Gasteiger partial charge in [0.25, 0.3) is 0 Å². The standard InChI is InChI=1S/C14H23BrN2O/c1-11(16)9-12-5-6-14(13(15)10-12)17(2)7-4-8-18-3/h5-6,10-11H,4,7-9,16H2,1-3H3. The zero-order valence-corrected chi connectivity index (χ0v) is 13.0. The normalized spacial score (nSPS) is 12.5. The van der Waals surface area contributed by atoms with Crippen LogP contribution in [0.15, 0.2) is 22.7 Å². The van der Waals surface area contributed by atoms with Gasteiger partial charge in [-0.15, -0.1) is 0 Å². The van der Waals surface area contributed by atoms with E-state index in [1.807, 2.05) is 6.92 Å². The molecule has 3 nitrogen and oxygen atoms in total. The van der Waals surface area contributed by atoms with Crippen molar-refractivity contribution in [3.05, 3.63) is 28.2 Å². The lowest BCUT2D eigenvalue weighted by molar-refractivity contribution is 0.196. The summed E-state index contributed by atoms with van der Waals surface area (Å²) in [4.78, 5) is 2.23. The molecule has 1 unspecified atom stereocenters. The lowest BCUT2D eigenvalue weighted by Gasteiger charge is -2.21. The second-order valence-corrected chi connectivity index (χ2v) is 5.59. The van der Waals surface area contributed by atoms with E-state index in [9.17, 15) is 0 Å². The summed E-state index contributed by atoms with van der Waals surface area (Å²) in [5.41, 5.74) is 8.29. The highest BCUT2D eigenvalue weighted by Crippen LogP contribution is 2.27. The molecular weight excluding hydrogens is 292 g/mol. The molecule has 0 aliphatic carbocycles. The molecule has 0 aliphatic rings. The molecule has 0 heterocycles. The van der Waals surface area contributed by atoms with Crippen LogP contribution in [-0.2, 0) is 11.2 Å². The first-order valence-electron chi connectivity index (χ1n) is 6.28. The van der Waals surface area contributed by atoms with E-state index in [-0.39, 0.29) is 6.04 Å². The molecule has 0 spiro atoms. The maximum atomic E-state index is 5.81. The molecule has 2 N–H and O–H groups in total. The summed E-state index contributed by atoms with van der Waals surface area (Å²) >= 11 is 3.63. The molecule has 0 radical (unpaired) electrons. The highest BCUT2D eigenvalue weighted by molar-refractivity contribution is 9.10. The molecule has 1 rings (SSSR count). The number of anilines is 1. The highest BCUT2D eigenvalue weighted by atomic mass is 79.9. The number of benzene rings is 1. The van der Waals surface area contributed by atoms with Crippen LogP contribution in [0.2, 0.25) is 0 Å². The summed E-state index contributed by atoms with van der Waals surface area (Å²) in [5, 5.41) is 0. The third-order valence-corrected chi connectivity index (χ3v) is 3.46. The molecule has 4 heteroatoms. The zero-order chi connectivity index (χ0) is 13.5. The van der Waals surface area contributed by atoms with E-state index >= 15 is 0 Å². The van der Waals surface area contributed by atoms with Crippen molar-refractivity contribution in [2.75, 3.05) is 32.2 Å². The van der Waals surface area contributed by atoms with Crippen LogP contribution < -0.4 is 10.6 Å². The molecule has 0 fully saturated rings. The van der Waals surface area contributed by atoms with Gasteiger partial charge in [-0.1, -0.05) is 6.07 Å². The van der Waals surface area contributed by atoms with Gasteiger partial charge in [-0.25, -0.2) is 0 Å². The van der Waals surface area contributed by atoms with Crippen molar-refractivity contribution in [1.82, 2.24) is 0 Å². The van der Waals surface area contributed by atoms with Crippen molar-refractivity contribution in [3.8, 4) is 0 Å². The van der Waals surface area contributed by atoms with Crippen molar-refractivity contribution >= 4 is 21.6 Å². The largest absolute Gasteiger partial charge is 0.385 e. The Kier molecular flexibility index (Phi) is 6.68. The Morgan fingerprint density at radius 3 is 2.72 bits per heavy atom. The number of rotatable bonds is 7. The number of methoxy groups -OCH3 is 1. The molecule has 1 aromatic carbocycles. The Labute approximate surface area is 118 Å². The van der Waals surface area contributed by atoms with Crippen molar-refractivity contribution < 1.29 is 4.74 Å². The summed E-state index contributed by atoms with van der Waals surface area (Å²) in [7, 11) is 3.83. The zero-order valence-electron chi connectivity index (χ0n) is 11.4. The predicted octanol–water partition coefficient (Wildman–Crippen LogP) is 2.81. The Morgan fingerprint density at radius 2 is 2.17 bits per heavy atom. The number of nitrogens with two attached hydrogens (primary N) is 1. The van der Waals surface area contributed by atoms with Crippen LogP contribution in [0.4, 0.5) is 5.69 Å². The van der Waals surface area contributed by atoms with E-state index in [1.165, 1.54) is 11.3 Å². The number of hydrogen-bond donors (Lipinski definition) is 1. The second-order valence-electron chi connectivity index (χ2n) is 4.74. The Morgan fingerprint density at radius 1 is 1.44 bits per heavy atom. The maximum Gasteiger partial charge on any atom is 0.0508 e. The Bertz CT molecular complexity index is 369. The molecule has 0 aromatic heterocycles. The van der Waals surface area contributed by atoms with Crippen LogP contribution >= 0.6 is 15.9 Å². The minimum absolute atomic E-state index is 0.196. The summed E-state index contributed by atoms with van der Waals surface area (Å²) in [6.07, 6.45) is 1.94. The number of halogens is 1.